The van der Waals surface area contributed by atoms with Gasteiger partial charge < -0.3 is 4.74 Å². The van der Waals surface area contributed by atoms with Crippen molar-refractivity contribution in [3.63, 3.8) is 0 Å². The molecule has 0 spiro atoms. The molecule has 0 aliphatic rings. The standard InChI is InChI=1S/C15H13BrCl2O/c1-9-8-10(19-2)6-7-11(9)14(17)12-4-3-5-13(16)15(12)18/h3-8,14H,1-2H3. The second kappa shape index (κ2) is 6.17. The third-order valence-electron chi connectivity index (χ3n) is 3.00. The van der Waals surface area contributed by atoms with E-state index in [4.69, 9.17) is 27.9 Å². The zero-order valence-corrected chi connectivity index (χ0v) is 13.7. The van der Waals surface area contributed by atoms with E-state index in [9.17, 15) is 0 Å². The Morgan fingerprint density at radius 3 is 2.53 bits per heavy atom. The van der Waals surface area contributed by atoms with Gasteiger partial charge in [0.2, 0.25) is 0 Å². The SMILES string of the molecule is COc1ccc(C(Cl)c2cccc(Br)c2Cl)c(C)c1. The average Bonchev–Trinajstić information content (AvgIpc) is 2.41. The van der Waals surface area contributed by atoms with Gasteiger partial charge in [0.05, 0.1) is 17.5 Å². The molecule has 0 N–H and O–H groups in total. The summed E-state index contributed by atoms with van der Waals surface area (Å²) in [6, 6.07) is 11.6. The van der Waals surface area contributed by atoms with Crippen molar-refractivity contribution in [2.24, 2.45) is 0 Å². The lowest BCUT2D eigenvalue weighted by Gasteiger charge is -2.16. The van der Waals surface area contributed by atoms with Gasteiger partial charge in [0.15, 0.2) is 0 Å². The maximum atomic E-state index is 6.56. The van der Waals surface area contributed by atoms with Crippen LogP contribution in [0.1, 0.15) is 22.1 Å². The Hall–Kier alpha value is -0.700. The molecule has 0 aliphatic carbocycles. The first kappa shape index (κ1) is 14.7. The van der Waals surface area contributed by atoms with Gasteiger partial charge in [-0.15, -0.1) is 11.6 Å². The van der Waals surface area contributed by atoms with E-state index in [0.717, 1.165) is 26.9 Å². The molecule has 0 heterocycles. The maximum Gasteiger partial charge on any atom is 0.119 e. The molecular formula is C15H13BrCl2O. The van der Waals surface area contributed by atoms with Crippen molar-refractivity contribution in [2.45, 2.75) is 12.3 Å². The van der Waals surface area contributed by atoms with E-state index in [2.05, 4.69) is 15.9 Å². The summed E-state index contributed by atoms with van der Waals surface area (Å²) in [5.74, 6) is 0.824. The van der Waals surface area contributed by atoms with Gasteiger partial charge in [-0.25, -0.2) is 0 Å². The molecule has 0 aliphatic heterocycles. The molecule has 2 aromatic carbocycles. The molecule has 4 heteroatoms. The molecule has 0 bridgehead atoms. The first-order chi connectivity index (χ1) is 9.04. The predicted octanol–water partition coefficient (Wildman–Crippen LogP) is 5.75. The number of aryl methyl sites for hydroxylation is 1. The van der Waals surface area contributed by atoms with Crippen LogP contribution in [0.25, 0.3) is 0 Å². The molecule has 0 fully saturated rings. The molecule has 0 saturated heterocycles. The van der Waals surface area contributed by atoms with Crippen LogP contribution in [0.4, 0.5) is 0 Å². The van der Waals surface area contributed by atoms with Gasteiger partial charge in [-0.1, -0.05) is 29.8 Å². The Labute approximate surface area is 131 Å². The van der Waals surface area contributed by atoms with Crippen molar-refractivity contribution in [3.05, 3.63) is 62.6 Å². The topological polar surface area (TPSA) is 9.23 Å². The molecule has 2 aromatic rings. The average molecular weight is 360 g/mol. The summed E-state index contributed by atoms with van der Waals surface area (Å²) in [6.07, 6.45) is 0. The largest absolute Gasteiger partial charge is 0.497 e. The zero-order chi connectivity index (χ0) is 14.0. The highest BCUT2D eigenvalue weighted by Crippen LogP contribution is 2.38. The highest BCUT2D eigenvalue weighted by atomic mass is 79.9. The lowest BCUT2D eigenvalue weighted by molar-refractivity contribution is 0.414. The number of hydrogen-bond acceptors (Lipinski definition) is 1. The first-order valence-corrected chi connectivity index (χ1v) is 7.38. The van der Waals surface area contributed by atoms with Crippen LogP contribution >= 0.6 is 39.1 Å². The van der Waals surface area contributed by atoms with Crippen molar-refractivity contribution >= 4 is 39.1 Å². The number of alkyl halides is 1. The summed E-state index contributed by atoms with van der Waals surface area (Å²) in [5.41, 5.74) is 3.00. The molecule has 0 radical (unpaired) electrons. The van der Waals surface area contributed by atoms with Gasteiger partial charge in [0.1, 0.15) is 5.75 Å². The van der Waals surface area contributed by atoms with E-state index < -0.39 is 0 Å². The van der Waals surface area contributed by atoms with Crippen LogP contribution in [0.15, 0.2) is 40.9 Å². The normalized spacial score (nSPS) is 12.3. The van der Waals surface area contributed by atoms with Gasteiger partial charge in [-0.05, 0) is 57.7 Å². The zero-order valence-electron chi connectivity index (χ0n) is 10.6. The molecule has 0 aromatic heterocycles. The smallest absolute Gasteiger partial charge is 0.119 e. The summed E-state index contributed by atoms with van der Waals surface area (Å²) in [5, 5.41) is 0.369. The Bertz CT molecular complexity index is 599. The molecule has 19 heavy (non-hydrogen) atoms. The van der Waals surface area contributed by atoms with Crippen LogP contribution < -0.4 is 4.74 Å². The first-order valence-electron chi connectivity index (χ1n) is 5.77. The molecule has 1 nitrogen and oxygen atoms in total. The number of hydrogen-bond donors (Lipinski definition) is 0. The Balaban J connectivity index is 2.44. The van der Waals surface area contributed by atoms with E-state index in [0.29, 0.717) is 5.02 Å². The number of methoxy groups -OCH3 is 1. The van der Waals surface area contributed by atoms with Crippen LogP contribution in [0.5, 0.6) is 5.75 Å². The molecular weight excluding hydrogens is 347 g/mol. The van der Waals surface area contributed by atoms with Crippen LogP contribution in [-0.4, -0.2) is 7.11 Å². The van der Waals surface area contributed by atoms with Crippen molar-refractivity contribution in [3.8, 4) is 5.75 Å². The van der Waals surface area contributed by atoms with E-state index >= 15 is 0 Å². The fourth-order valence-electron chi connectivity index (χ4n) is 1.94. The van der Waals surface area contributed by atoms with Crippen molar-refractivity contribution in [1.29, 1.82) is 0 Å². The van der Waals surface area contributed by atoms with Gasteiger partial charge in [0, 0.05) is 4.47 Å². The number of ether oxygens (including phenoxy) is 1. The van der Waals surface area contributed by atoms with Gasteiger partial charge >= 0.3 is 0 Å². The number of rotatable bonds is 3. The molecule has 2 rings (SSSR count). The van der Waals surface area contributed by atoms with Crippen LogP contribution in [0.3, 0.4) is 0 Å². The minimum atomic E-state index is -0.282. The quantitative estimate of drug-likeness (QED) is 0.634. The van der Waals surface area contributed by atoms with Gasteiger partial charge in [-0.2, -0.15) is 0 Å². The third kappa shape index (κ3) is 3.07. The second-order valence-electron chi connectivity index (χ2n) is 4.23. The highest BCUT2D eigenvalue weighted by molar-refractivity contribution is 9.10. The predicted molar refractivity (Wildman–Crippen MR) is 84.6 cm³/mol. The van der Waals surface area contributed by atoms with Crippen LogP contribution in [0.2, 0.25) is 5.02 Å². The van der Waals surface area contributed by atoms with Gasteiger partial charge in [0.25, 0.3) is 0 Å². The van der Waals surface area contributed by atoms with Crippen molar-refractivity contribution < 1.29 is 4.74 Å². The maximum absolute atomic E-state index is 6.56. The third-order valence-corrected chi connectivity index (χ3v) is 4.79. The lowest BCUT2D eigenvalue weighted by Crippen LogP contribution is -1.98. The van der Waals surface area contributed by atoms with E-state index in [1.54, 1.807) is 7.11 Å². The molecule has 0 amide bonds. The number of halogens is 3. The summed E-state index contributed by atoms with van der Waals surface area (Å²) >= 11 is 16.3. The Kier molecular flexibility index (Phi) is 4.77. The van der Waals surface area contributed by atoms with E-state index in [1.807, 2.05) is 43.3 Å². The Morgan fingerprint density at radius 2 is 1.89 bits per heavy atom. The van der Waals surface area contributed by atoms with E-state index in [1.165, 1.54) is 0 Å². The minimum absolute atomic E-state index is 0.282. The summed E-state index contributed by atoms with van der Waals surface area (Å²) in [4.78, 5) is 0. The van der Waals surface area contributed by atoms with Crippen molar-refractivity contribution in [1.82, 2.24) is 0 Å². The van der Waals surface area contributed by atoms with Crippen LogP contribution in [0, 0.1) is 6.92 Å². The van der Waals surface area contributed by atoms with E-state index in [-0.39, 0.29) is 5.38 Å². The van der Waals surface area contributed by atoms with Gasteiger partial charge in [-0.3, -0.25) is 0 Å². The van der Waals surface area contributed by atoms with Crippen molar-refractivity contribution in [2.75, 3.05) is 7.11 Å². The summed E-state index contributed by atoms with van der Waals surface area (Å²) in [7, 11) is 1.65. The molecule has 100 valence electrons. The lowest BCUT2D eigenvalue weighted by atomic mass is 10.00. The monoisotopic (exact) mass is 358 g/mol. The molecule has 0 saturated carbocycles. The number of benzene rings is 2. The fourth-order valence-corrected chi connectivity index (χ4v) is 3.04. The second-order valence-corrected chi connectivity index (χ2v) is 5.90. The molecule has 1 atom stereocenters. The highest BCUT2D eigenvalue weighted by Gasteiger charge is 2.17. The summed E-state index contributed by atoms with van der Waals surface area (Å²) < 4.78 is 6.05. The molecule has 1 unspecified atom stereocenters. The summed E-state index contributed by atoms with van der Waals surface area (Å²) in [6.45, 7) is 2.01. The minimum Gasteiger partial charge on any atom is -0.497 e. The fraction of sp³-hybridized carbons (Fsp3) is 0.200. The van der Waals surface area contributed by atoms with Crippen LogP contribution in [-0.2, 0) is 0 Å². The Morgan fingerprint density at radius 1 is 1.16 bits per heavy atom.